The molecule has 3 rings (SSSR count). The van der Waals surface area contributed by atoms with Gasteiger partial charge in [-0.1, -0.05) is 6.07 Å². The van der Waals surface area contributed by atoms with Gasteiger partial charge in [0.2, 0.25) is 0 Å². The molecule has 0 N–H and O–H groups in total. The van der Waals surface area contributed by atoms with Crippen LogP contribution in [-0.4, -0.2) is 22.5 Å². The van der Waals surface area contributed by atoms with E-state index < -0.39 is 10.1 Å². The lowest BCUT2D eigenvalue weighted by molar-refractivity contribution is 0.486. The Labute approximate surface area is 171 Å². The van der Waals surface area contributed by atoms with E-state index in [-0.39, 0.29) is 10.6 Å². The lowest BCUT2D eigenvalue weighted by Gasteiger charge is -2.11. The molecule has 3 aromatic rings. The Hall–Kier alpha value is -3.19. The second-order valence-electron chi connectivity index (χ2n) is 6.89. The smallest absolute Gasteiger partial charge is 0.339 e. The number of nitrogens with zero attached hydrogens (tertiary/aromatic N) is 3. The van der Waals surface area contributed by atoms with Crippen LogP contribution < -0.4 is 9.08 Å². The van der Waals surface area contributed by atoms with E-state index in [0.29, 0.717) is 11.4 Å². The first-order valence-electron chi connectivity index (χ1n) is 9.05. The summed E-state index contributed by atoms with van der Waals surface area (Å²) in [6, 6.07) is 18.9. The van der Waals surface area contributed by atoms with E-state index in [1.54, 1.807) is 24.3 Å². The Kier molecular flexibility index (Phi) is 5.98. The lowest BCUT2D eigenvalue weighted by atomic mass is 10.1. The molecule has 0 radical (unpaired) electrons. The molecule has 0 spiro atoms. The van der Waals surface area contributed by atoms with Crippen molar-refractivity contribution < 1.29 is 12.6 Å². The zero-order valence-electron chi connectivity index (χ0n) is 16.8. The molecule has 0 amide bonds. The molecule has 0 saturated carbocycles. The summed E-state index contributed by atoms with van der Waals surface area (Å²) in [5.41, 5.74) is 4.37. The van der Waals surface area contributed by atoms with Crippen molar-refractivity contribution in [2.75, 3.05) is 19.0 Å². The quantitative estimate of drug-likeness (QED) is 0.395. The average molecular weight is 410 g/mol. The Morgan fingerprint density at radius 1 is 0.759 bits per heavy atom. The van der Waals surface area contributed by atoms with Crippen LogP contribution in [0.15, 0.2) is 81.9 Å². The number of benzene rings is 3. The van der Waals surface area contributed by atoms with Gasteiger partial charge >= 0.3 is 10.1 Å². The van der Waals surface area contributed by atoms with Gasteiger partial charge in [-0.3, -0.25) is 0 Å². The molecule has 0 saturated heterocycles. The monoisotopic (exact) mass is 409 g/mol. The van der Waals surface area contributed by atoms with E-state index in [4.69, 9.17) is 4.18 Å². The van der Waals surface area contributed by atoms with Crippen LogP contribution in [0.5, 0.6) is 5.75 Å². The first-order valence-corrected chi connectivity index (χ1v) is 10.5. The van der Waals surface area contributed by atoms with Gasteiger partial charge in [-0.25, -0.2) is 0 Å². The molecule has 6 nitrogen and oxygen atoms in total. The highest BCUT2D eigenvalue weighted by Gasteiger charge is 2.16. The van der Waals surface area contributed by atoms with E-state index in [1.165, 1.54) is 12.1 Å². The maximum atomic E-state index is 12.5. The van der Waals surface area contributed by atoms with Crippen LogP contribution in [0.2, 0.25) is 0 Å². The van der Waals surface area contributed by atoms with Crippen molar-refractivity contribution in [3.63, 3.8) is 0 Å². The van der Waals surface area contributed by atoms with Crippen molar-refractivity contribution in [1.29, 1.82) is 0 Å². The fourth-order valence-corrected chi connectivity index (χ4v) is 3.48. The average Bonchev–Trinajstić information content (AvgIpc) is 2.69. The SMILES string of the molecule is Cc1ccc(OS(=O)(=O)c2ccc(N=Nc3ccc(N(C)C)cc3)cc2)cc1C. The van der Waals surface area contributed by atoms with Crippen LogP contribution in [0.4, 0.5) is 17.1 Å². The molecule has 0 unspecified atom stereocenters. The van der Waals surface area contributed by atoms with E-state index in [0.717, 1.165) is 16.8 Å². The van der Waals surface area contributed by atoms with E-state index in [9.17, 15) is 8.42 Å². The van der Waals surface area contributed by atoms with Crippen LogP contribution in [-0.2, 0) is 10.1 Å². The number of hydrogen-bond acceptors (Lipinski definition) is 6. The van der Waals surface area contributed by atoms with Crippen molar-refractivity contribution in [2.24, 2.45) is 10.2 Å². The van der Waals surface area contributed by atoms with Crippen molar-refractivity contribution >= 4 is 27.2 Å². The second-order valence-corrected chi connectivity index (χ2v) is 8.43. The number of rotatable bonds is 6. The first-order chi connectivity index (χ1) is 13.7. The number of aryl methyl sites for hydroxylation is 2. The molecular weight excluding hydrogens is 386 g/mol. The van der Waals surface area contributed by atoms with E-state index >= 15 is 0 Å². The van der Waals surface area contributed by atoms with Crippen molar-refractivity contribution in [2.45, 2.75) is 18.7 Å². The Morgan fingerprint density at radius 3 is 1.83 bits per heavy atom. The zero-order valence-corrected chi connectivity index (χ0v) is 17.6. The van der Waals surface area contributed by atoms with Crippen molar-refractivity contribution in [3.05, 3.63) is 77.9 Å². The molecule has 150 valence electrons. The summed E-state index contributed by atoms with van der Waals surface area (Å²) in [6.45, 7) is 3.86. The van der Waals surface area contributed by atoms with Gasteiger partial charge in [0.1, 0.15) is 10.6 Å². The summed E-state index contributed by atoms with van der Waals surface area (Å²) in [7, 11) is 0.0195. The summed E-state index contributed by atoms with van der Waals surface area (Å²) in [4.78, 5) is 2.06. The van der Waals surface area contributed by atoms with Gasteiger partial charge in [0, 0.05) is 19.8 Å². The van der Waals surface area contributed by atoms with Crippen LogP contribution in [0.1, 0.15) is 11.1 Å². The van der Waals surface area contributed by atoms with Gasteiger partial charge in [-0.05, 0) is 85.6 Å². The molecule has 3 aromatic carbocycles. The lowest BCUT2D eigenvalue weighted by Crippen LogP contribution is -2.09. The molecule has 7 heteroatoms. The predicted octanol–water partition coefficient (Wildman–Crippen LogP) is 5.55. The fraction of sp³-hybridized carbons (Fsp3) is 0.182. The predicted molar refractivity (Wildman–Crippen MR) is 115 cm³/mol. The van der Waals surface area contributed by atoms with Gasteiger partial charge < -0.3 is 9.08 Å². The summed E-state index contributed by atoms with van der Waals surface area (Å²) in [5, 5.41) is 8.34. The summed E-state index contributed by atoms with van der Waals surface area (Å²) in [6.07, 6.45) is 0. The Morgan fingerprint density at radius 2 is 1.31 bits per heavy atom. The maximum Gasteiger partial charge on any atom is 0.339 e. The van der Waals surface area contributed by atoms with Crippen molar-refractivity contribution in [3.8, 4) is 5.75 Å². The molecule has 0 fully saturated rings. The number of azo groups is 1. The largest absolute Gasteiger partial charge is 0.379 e. The first kappa shape index (κ1) is 20.5. The van der Waals surface area contributed by atoms with Gasteiger partial charge in [0.15, 0.2) is 0 Å². The van der Waals surface area contributed by atoms with Gasteiger partial charge in [-0.2, -0.15) is 18.6 Å². The molecule has 0 atom stereocenters. The van der Waals surface area contributed by atoms with E-state index in [2.05, 4.69) is 10.2 Å². The van der Waals surface area contributed by atoms with Crippen LogP contribution in [0.3, 0.4) is 0 Å². The number of anilines is 1. The second kappa shape index (κ2) is 8.45. The minimum atomic E-state index is -3.92. The molecule has 0 heterocycles. The highest BCUT2D eigenvalue weighted by Crippen LogP contribution is 2.25. The zero-order chi connectivity index (χ0) is 21.0. The molecule has 29 heavy (non-hydrogen) atoms. The third-order valence-electron chi connectivity index (χ3n) is 4.46. The highest BCUT2D eigenvalue weighted by atomic mass is 32.2. The molecule has 0 aliphatic rings. The minimum Gasteiger partial charge on any atom is -0.379 e. The normalized spacial score (nSPS) is 11.6. The molecular formula is C22H23N3O3S. The van der Waals surface area contributed by atoms with Gasteiger partial charge in [0.25, 0.3) is 0 Å². The minimum absolute atomic E-state index is 0.0602. The van der Waals surface area contributed by atoms with Gasteiger partial charge in [0.05, 0.1) is 11.4 Å². The Balaban J connectivity index is 1.72. The number of hydrogen-bond donors (Lipinski definition) is 0. The Bertz CT molecular complexity index is 1120. The maximum absolute atomic E-state index is 12.5. The van der Waals surface area contributed by atoms with E-state index in [1.807, 2.05) is 63.2 Å². The van der Waals surface area contributed by atoms with Crippen molar-refractivity contribution in [1.82, 2.24) is 0 Å². The highest BCUT2D eigenvalue weighted by molar-refractivity contribution is 7.87. The molecule has 0 bridgehead atoms. The van der Waals surface area contributed by atoms with Crippen LogP contribution >= 0.6 is 0 Å². The summed E-state index contributed by atoms with van der Waals surface area (Å²) in [5.74, 6) is 0.290. The standard InChI is InChI=1S/C22H23N3O3S/c1-16-5-12-21(15-17(16)2)28-29(26,27)22-13-8-19(9-14-22)24-23-18-6-10-20(11-7-18)25(3)4/h5-15H,1-4H3. The van der Waals surface area contributed by atoms with Gasteiger partial charge in [-0.15, -0.1) is 0 Å². The molecule has 0 aliphatic carbocycles. The summed E-state index contributed by atoms with van der Waals surface area (Å²) < 4.78 is 30.2. The molecule has 0 aromatic heterocycles. The molecule has 0 aliphatic heterocycles. The van der Waals surface area contributed by atoms with Crippen LogP contribution in [0.25, 0.3) is 0 Å². The third-order valence-corrected chi connectivity index (χ3v) is 5.72. The fourth-order valence-electron chi connectivity index (χ4n) is 2.55. The van der Waals surface area contributed by atoms with Crippen LogP contribution in [0, 0.1) is 13.8 Å². The summed E-state index contributed by atoms with van der Waals surface area (Å²) >= 11 is 0. The third kappa shape index (κ3) is 5.20. The topological polar surface area (TPSA) is 71.3 Å².